The van der Waals surface area contributed by atoms with E-state index in [1.165, 1.54) is 17.0 Å². The fraction of sp³-hybridized carbons (Fsp3) is 0.318. The number of amides is 3. The van der Waals surface area contributed by atoms with E-state index in [1.54, 1.807) is 26.0 Å². The van der Waals surface area contributed by atoms with Gasteiger partial charge < -0.3 is 10.2 Å². The molecule has 0 bridgehead atoms. The van der Waals surface area contributed by atoms with Gasteiger partial charge in [0.05, 0.1) is 5.56 Å². The lowest BCUT2D eigenvalue weighted by atomic mass is 10.1. The van der Waals surface area contributed by atoms with Crippen LogP contribution in [0, 0.1) is 0 Å². The fourth-order valence-corrected chi connectivity index (χ4v) is 5.05. The number of nitrogens with zero attached hydrogens (tertiary/aromatic N) is 2. The summed E-state index contributed by atoms with van der Waals surface area (Å²) in [6.45, 7) is 3.74. The van der Waals surface area contributed by atoms with Gasteiger partial charge >= 0.3 is 0 Å². The van der Waals surface area contributed by atoms with Gasteiger partial charge in [0.1, 0.15) is 10.9 Å². The van der Waals surface area contributed by atoms with Gasteiger partial charge in [-0.05, 0) is 31.5 Å². The SMILES string of the molecule is CCNC(=O)[C@@H](C)N(Cc1ccccc1)C(=O)CCN1C(=O)c2ccccc2S1(=O)=O. The van der Waals surface area contributed by atoms with Crippen LogP contribution in [0.2, 0.25) is 0 Å². The third-order valence-corrected chi connectivity index (χ3v) is 7.00. The molecule has 31 heavy (non-hydrogen) atoms. The molecule has 3 rings (SSSR count). The van der Waals surface area contributed by atoms with Crippen molar-refractivity contribution in [3.8, 4) is 0 Å². The zero-order valence-corrected chi connectivity index (χ0v) is 18.3. The Morgan fingerprint density at radius 2 is 1.71 bits per heavy atom. The van der Waals surface area contributed by atoms with Crippen LogP contribution in [0.4, 0.5) is 0 Å². The number of nitrogens with one attached hydrogen (secondary N) is 1. The molecule has 0 unspecified atom stereocenters. The highest BCUT2D eigenvalue weighted by atomic mass is 32.2. The second-order valence-corrected chi connectivity index (χ2v) is 9.04. The number of likely N-dealkylation sites (N-methyl/N-ethyl adjacent to an activating group) is 1. The Morgan fingerprint density at radius 3 is 2.35 bits per heavy atom. The van der Waals surface area contributed by atoms with Crippen molar-refractivity contribution < 1.29 is 22.8 Å². The number of fused-ring (bicyclic) bond motifs is 1. The third kappa shape index (κ3) is 4.61. The summed E-state index contributed by atoms with van der Waals surface area (Å²) in [5, 5.41) is 2.70. The van der Waals surface area contributed by atoms with Crippen LogP contribution in [0.1, 0.15) is 36.2 Å². The molecule has 1 N–H and O–H groups in total. The van der Waals surface area contributed by atoms with Crippen LogP contribution in [0.25, 0.3) is 0 Å². The van der Waals surface area contributed by atoms with Crippen molar-refractivity contribution in [1.29, 1.82) is 0 Å². The molecular formula is C22H25N3O5S. The molecule has 0 saturated carbocycles. The molecule has 0 fully saturated rings. The zero-order valence-electron chi connectivity index (χ0n) is 17.4. The van der Waals surface area contributed by atoms with Crippen molar-refractivity contribution >= 4 is 27.7 Å². The van der Waals surface area contributed by atoms with Crippen LogP contribution < -0.4 is 5.32 Å². The third-order valence-electron chi connectivity index (χ3n) is 5.15. The largest absolute Gasteiger partial charge is 0.355 e. The van der Waals surface area contributed by atoms with Crippen LogP contribution in [0.15, 0.2) is 59.5 Å². The van der Waals surface area contributed by atoms with Gasteiger partial charge in [-0.25, -0.2) is 12.7 Å². The summed E-state index contributed by atoms with van der Waals surface area (Å²) in [5.74, 6) is -1.36. The summed E-state index contributed by atoms with van der Waals surface area (Å²) in [6, 6.07) is 14.4. The molecule has 1 atom stereocenters. The molecule has 0 aromatic heterocycles. The highest BCUT2D eigenvalue weighted by molar-refractivity contribution is 7.90. The number of rotatable bonds is 8. The number of carbonyl (C=O) groups excluding carboxylic acids is 3. The van der Waals surface area contributed by atoms with Gasteiger partial charge in [-0.15, -0.1) is 0 Å². The monoisotopic (exact) mass is 443 g/mol. The molecule has 1 aliphatic heterocycles. The second kappa shape index (κ2) is 9.30. The van der Waals surface area contributed by atoms with E-state index >= 15 is 0 Å². The molecule has 0 radical (unpaired) electrons. The minimum absolute atomic E-state index is 0.0516. The molecule has 3 amide bonds. The first-order valence-electron chi connectivity index (χ1n) is 10.0. The lowest BCUT2D eigenvalue weighted by Crippen LogP contribution is -2.48. The lowest BCUT2D eigenvalue weighted by molar-refractivity contribution is -0.140. The van der Waals surface area contributed by atoms with Crippen molar-refractivity contribution in [3.05, 3.63) is 65.7 Å². The van der Waals surface area contributed by atoms with Crippen LogP contribution >= 0.6 is 0 Å². The molecule has 8 nitrogen and oxygen atoms in total. The maximum absolute atomic E-state index is 13.1. The number of carbonyl (C=O) groups is 3. The molecule has 1 heterocycles. The normalized spacial score (nSPS) is 15.3. The van der Waals surface area contributed by atoms with Gasteiger partial charge in [0, 0.05) is 26.1 Å². The summed E-state index contributed by atoms with van der Waals surface area (Å²) in [6.07, 6.45) is -0.227. The van der Waals surface area contributed by atoms with Crippen molar-refractivity contribution in [2.24, 2.45) is 0 Å². The predicted molar refractivity (Wildman–Crippen MR) is 114 cm³/mol. The Hall–Kier alpha value is -3.20. The van der Waals surface area contributed by atoms with Gasteiger partial charge in [-0.2, -0.15) is 0 Å². The maximum Gasteiger partial charge on any atom is 0.269 e. The Morgan fingerprint density at radius 1 is 1.06 bits per heavy atom. The van der Waals surface area contributed by atoms with E-state index in [2.05, 4.69) is 5.32 Å². The van der Waals surface area contributed by atoms with E-state index in [4.69, 9.17) is 0 Å². The molecule has 0 saturated heterocycles. The quantitative estimate of drug-likeness (QED) is 0.670. The summed E-state index contributed by atoms with van der Waals surface area (Å²) >= 11 is 0. The van der Waals surface area contributed by atoms with Crippen molar-refractivity contribution in [2.75, 3.05) is 13.1 Å². The summed E-state index contributed by atoms with van der Waals surface area (Å²) in [7, 11) is -3.99. The molecular weight excluding hydrogens is 418 g/mol. The molecule has 0 spiro atoms. The molecule has 2 aromatic rings. The van der Waals surface area contributed by atoms with E-state index in [9.17, 15) is 22.8 Å². The van der Waals surface area contributed by atoms with E-state index in [0.717, 1.165) is 9.87 Å². The minimum atomic E-state index is -3.99. The Labute approximate surface area is 181 Å². The first-order chi connectivity index (χ1) is 14.8. The average Bonchev–Trinajstić information content (AvgIpc) is 2.96. The van der Waals surface area contributed by atoms with Crippen molar-refractivity contribution in [2.45, 2.75) is 37.8 Å². The number of hydrogen-bond donors (Lipinski definition) is 1. The van der Waals surface area contributed by atoms with Gasteiger partial charge in [-0.1, -0.05) is 42.5 Å². The van der Waals surface area contributed by atoms with Crippen LogP contribution in [-0.4, -0.2) is 54.5 Å². The van der Waals surface area contributed by atoms with E-state index in [1.807, 2.05) is 30.3 Å². The molecule has 1 aliphatic rings. The van der Waals surface area contributed by atoms with Crippen molar-refractivity contribution in [1.82, 2.24) is 14.5 Å². The summed E-state index contributed by atoms with van der Waals surface area (Å²) in [4.78, 5) is 39.4. The zero-order chi connectivity index (χ0) is 22.6. The summed E-state index contributed by atoms with van der Waals surface area (Å²) < 4.78 is 26.2. The Balaban J connectivity index is 1.77. The van der Waals surface area contributed by atoms with Crippen LogP contribution in [0.5, 0.6) is 0 Å². The van der Waals surface area contributed by atoms with Gasteiger partial charge in [0.2, 0.25) is 11.8 Å². The number of sulfonamides is 1. The van der Waals surface area contributed by atoms with E-state index < -0.39 is 27.9 Å². The number of hydrogen-bond acceptors (Lipinski definition) is 5. The minimum Gasteiger partial charge on any atom is -0.355 e. The summed E-state index contributed by atoms with van der Waals surface area (Å²) in [5.41, 5.74) is 0.941. The van der Waals surface area contributed by atoms with E-state index in [-0.39, 0.29) is 35.9 Å². The average molecular weight is 444 g/mol. The standard InChI is InChI=1S/C22H25N3O5S/c1-3-23-21(27)16(2)24(15-17-9-5-4-6-10-17)20(26)13-14-25-22(28)18-11-7-8-12-19(18)31(25,29)30/h4-12,16H,3,13-15H2,1-2H3,(H,23,27)/t16-/m1/s1. The molecule has 164 valence electrons. The number of benzene rings is 2. The van der Waals surface area contributed by atoms with Gasteiger partial charge in [0.15, 0.2) is 0 Å². The molecule has 9 heteroatoms. The molecule has 0 aliphatic carbocycles. The predicted octanol–water partition coefficient (Wildman–Crippen LogP) is 1.77. The fourth-order valence-electron chi connectivity index (χ4n) is 3.48. The lowest BCUT2D eigenvalue weighted by Gasteiger charge is -2.29. The first-order valence-corrected chi connectivity index (χ1v) is 11.5. The smallest absolute Gasteiger partial charge is 0.269 e. The second-order valence-electron chi connectivity index (χ2n) is 7.21. The highest BCUT2D eigenvalue weighted by Crippen LogP contribution is 2.30. The van der Waals surface area contributed by atoms with Crippen molar-refractivity contribution in [3.63, 3.8) is 0 Å². The van der Waals surface area contributed by atoms with Gasteiger partial charge in [0.25, 0.3) is 15.9 Å². The van der Waals surface area contributed by atoms with Gasteiger partial charge in [-0.3, -0.25) is 14.4 Å². The van der Waals surface area contributed by atoms with Crippen LogP contribution in [-0.2, 0) is 26.2 Å². The van der Waals surface area contributed by atoms with Crippen LogP contribution in [0.3, 0.4) is 0 Å². The highest BCUT2D eigenvalue weighted by Gasteiger charge is 2.41. The Bertz CT molecular complexity index is 1090. The van der Waals surface area contributed by atoms with E-state index in [0.29, 0.717) is 6.54 Å². The maximum atomic E-state index is 13.1. The molecule has 2 aromatic carbocycles. The topological polar surface area (TPSA) is 104 Å². The first kappa shape index (κ1) is 22.5. The Kier molecular flexibility index (Phi) is 6.74.